The Morgan fingerprint density at radius 3 is 2.12 bits per heavy atom. The number of ether oxygens (including phenoxy) is 1. The van der Waals surface area contributed by atoms with Gasteiger partial charge in [-0.15, -0.1) is 0 Å². The van der Waals surface area contributed by atoms with E-state index in [0.29, 0.717) is 6.61 Å². The Balaban J connectivity index is 0. The molecule has 0 aliphatic heterocycles. The highest BCUT2D eigenvalue weighted by Gasteiger charge is 2.44. The Morgan fingerprint density at radius 1 is 1.47 bits per heavy atom. The molecular formula is C8H13F3O5S. The molecule has 0 aliphatic carbocycles. The normalized spacial score (nSPS) is 11.1. The number of hydrogen-bond donors (Lipinski definition) is 1. The molecule has 0 saturated heterocycles. The number of halogens is 3. The highest BCUT2D eigenvalue weighted by molar-refractivity contribution is 7.86. The van der Waals surface area contributed by atoms with E-state index < -0.39 is 15.6 Å². The summed E-state index contributed by atoms with van der Waals surface area (Å²) in [7, 11) is -5.84. The summed E-state index contributed by atoms with van der Waals surface area (Å²) >= 11 is 0. The van der Waals surface area contributed by atoms with E-state index in [0.717, 1.165) is 12.8 Å². The van der Waals surface area contributed by atoms with Gasteiger partial charge in [0.15, 0.2) is 0 Å². The lowest BCUT2D eigenvalue weighted by atomic mass is 10.4. The Kier molecular flexibility index (Phi) is 8.68. The van der Waals surface area contributed by atoms with Crippen molar-refractivity contribution in [2.45, 2.75) is 25.3 Å². The Hall–Kier alpha value is -1.09. The third-order valence-corrected chi connectivity index (χ3v) is 1.79. The lowest BCUT2D eigenvalue weighted by Gasteiger charge is -1.97. The fourth-order valence-electron chi connectivity index (χ4n) is 0.376. The highest BCUT2D eigenvalue weighted by Crippen LogP contribution is 2.20. The molecule has 0 amide bonds. The van der Waals surface area contributed by atoms with Crippen LogP contribution in [0.25, 0.3) is 0 Å². The molecule has 0 unspecified atom stereocenters. The summed E-state index contributed by atoms with van der Waals surface area (Å²) < 4.78 is 62.2. The fourth-order valence-corrected chi connectivity index (χ4v) is 0.376. The standard InChI is InChI=1S/C7H12O2.CHF3O3S/c1-3-5-6-9-7(8)4-2;2-1(3,4)8(5,6)7/h4H,2-3,5-6H2,1H3;(H,5,6,7). The minimum absolute atomic E-state index is 0.330. The Morgan fingerprint density at radius 2 is 1.88 bits per heavy atom. The van der Waals surface area contributed by atoms with Gasteiger partial charge in [-0.1, -0.05) is 19.9 Å². The van der Waals surface area contributed by atoms with Crippen molar-refractivity contribution in [3.63, 3.8) is 0 Å². The van der Waals surface area contributed by atoms with Gasteiger partial charge >= 0.3 is 21.6 Å². The van der Waals surface area contributed by atoms with Gasteiger partial charge in [0.25, 0.3) is 0 Å². The van der Waals surface area contributed by atoms with Crippen molar-refractivity contribution in [2.75, 3.05) is 6.61 Å². The van der Waals surface area contributed by atoms with E-state index in [1.54, 1.807) is 0 Å². The lowest BCUT2D eigenvalue weighted by Crippen LogP contribution is -2.21. The van der Waals surface area contributed by atoms with Gasteiger partial charge < -0.3 is 4.74 Å². The van der Waals surface area contributed by atoms with Crippen molar-refractivity contribution in [1.29, 1.82) is 0 Å². The number of rotatable bonds is 4. The van der Waals surface area contributed by atoms with Crippen molar-refractivity contribution < 1.29 is 35.7 Å². The first-order valence-electron chi connectivity index (χ1n) is 4.39. The van der Waals surface area contributed by atoms with Crippen molar-refractivity contribution in [2.24, 2.45) is 0 Å². The second-order valence-electron chi connectivity index (χ2n) is 2.65. The molecule has 0 aromatic carbocycles. The zero-order valence-corrected chi connectivity index (χ0v) is 9.84. The van der Waals surface area contributed by atoms with Gasteiger partial charge in [0.2, 0.25) is 0 Å². The summed E-state index contributed by atoms with van der Waals surface area (Å²) in [6.07, 6.45) is 3.15. The molecule has 17 heavy (non-hydrogen) atoms. The molecular weight excluding hydrogens is 265 g/mol. The zero-order chi connectivity index (χ0) is 14.1. The van der Waals surface area contributed by atoms with Crippen LogP contribution in [0, 0.1) is 0 Å². The molecule has 0 radical (unpaired) electrons. The van der Waals surface area contributed by atoms with Crippen molar-refractivity contribution >= 4 is 16.1 Å². The summed E-state index contributed by atoms with van der Waals surface area (Å²) in [6.45, 7) is 5.82. The van der Waals surface area contributed by atoms with Crippen LogP contribution in [-0.2, 0) is 19.6 Å². The van der Waals surface area contributed by atoms with Gasteiger partial charge in [0, 0.05) is 6.08 Å². The van der Waals surface area contributed by atoms with E-state index in [-0.39, 0.29) is 5.97 Å². The molecule has 1 N–H and O–H groups in total. The molecule has 0 spiro atoms. The predicted molar refractivity (Wildman–Crippen MR) is 53.7 cm³/mol. The van der Waals surface area contributed by atoms with Gasteiger partial charge in [-0.2, -0.15) is 21.6 Å². The third kappa shape index (κ3) is 11.2. The van der Waals surface area contributed by atoms with Crippen LogP contribution in [0.3, 0.4) is 0 Å². The topological polar surface area (TPSA) is 80.7 Å². The molecule has 0 saturated carbocycles. The quantitative estimate of drug-likeness (QED) is 0.279. The maximum Gasteiger partial charge on any atom is 0.522 e. The van der Waals surface area contributed by atoms with E-state index in [1.807, 2.05) is 6.92 Å². The maximum absolute atomic E-state index is 10.7. The van der Waals surface area contributed by atoms with Crippen LogP contribution in [0.2, 0.25) is 0 Å². The van der Waals surface area contributed by atoms with Crippen LogP contribution >= 0.6 is 0 Å². The SMILES string of the molecule is C=CC(=O)OCCCC.O=S(=O)(O)C(F)(F)F. The molecule has 0 atom stereocenters. The van der Waals surface area contributed by atoms with E-state index in [9.17, 15) is 18.0 Å². The molecule has 102 valence electrons. The predicted octanol–water partition coefficient (Wildman–Crippen LogP) is 1.91. The minimum atomic E-state index is -5.84. The van der Waals surface area contributed by atoms with Crippen LogP contribution in [-0.4, -0.2) is 31.1 Å². The second kappa shape index (κ2) is 8.07. The number of alkyl halides is 3. The van der Waals surface area contributed by atoms with Crippen LogP contribution < -0.4 is 0 Å². The Labute approximate surface area is 97.0 Å². The van der Waals surface area contributed by atoms with Crippen molar-refractivity contribution in [1.82, 2.24) is 0 Å². The fraction of sp³-hybridized carbons (Fsp3) is 0.625. The van der Waals surface area contributed by atoms with Gasteiger partial charge in [-0.3, -0.25) is 4.55 Å². The number of carbonyl (C=O) groups excluding carboxylic acids is 1. The van der Waals surface area contributed by atoms with Crippen LogP contribution in [0.1, 0.15) is 19.8 Å². The number of carbonyl (C=O) groups is 1. The molecule has 0 aliphatic rings. The Bertz CT molecular complexity index is 334. The summed E-state index contributed by atoms with van der Waals surface area (Å²) in [5.74, 6) is -0.330. The second-order valence-corrected chi connectivity index (χ2v) is 4.06. The minimum Gasteiger partial charge on any atom is -0.463 e. The molecule has 9 heteroatoms. The molecule has 0 aromatic heterocycles. The van der Waals surface area contributed by atoms with Crippen LogP contribution in [0.5, 0.6) is 0 Å². The summed E-state index contributed by atoms with van der Waals surface area (Å²) in [6, 6.07) is 0. The van der Waals surface area contributed by atoms with Crippen molar-refractivity contribution in [3.8, 4) is 0 Å². The van der Waals surface area contributed by atoms with Crippen molar-refractivity contribution in [3.05, 3.63) is 12.7 Å². The first-order valence-corrected chi connectivity index (χ1v) is 5.83. The zero-order valence-electron chi connectivity index (χ0n) is 9.03. The summed E-state index contributed by atoms with van der Waals surface area (Å²) in [4.78, 5) is 10.3. The van der Waals surface area contributed by atoms with Gasteiger partial charge in [0.05, 0.1) is 6.61 Å². The van der Waals surface area contributed by atoms with Gasteiger partial charge in [-0.05, 0) is 6.42 Å². The molecule has 0 aromatic rings. The summed E-state index contributed by atoms with van der Waals surface area (Å²) in [5, 5.41) is 0. The van der Waals surface area contributed by atoms with Gasteiger partial charge in [0.1, 0.15) is 0 Å². The van der Waals surface area contributed by atoms with Crippen LogP contribution in [0.4, 0.5) is 13.2 Å². The number of unbranched alkanes of at least 4 members (excludes halogenated alkanes) is 1. The number of hydrogen-bond acceptors (Lipinski definition) is 4. The van der Waals surface area contributed by atoms with Crippen LogP contribution in [0.15, 0.2) is 12.7 Å². The van der Waals surface area contributed by atoms with E-state index in [2.05, 4.69) is 11.3 Å². The third-order valence-electron chi connectivity index (χ3n) is 1.20. The van der Waals surface area contributed by atoms with E-state index in [1.165, 1.54) is 6.08 Å². The monoisotopic (exact) mass is 278 g/mol. The summed E-state index contributed by atoms with van der Waals surface area (Å²) in [5.41, 5.74) is -5.53. The molecule has 0 fully saturated rings. The average Bonchev–Trinajstić information content (AvgIpc) is 2.16. The number of esters is 1. The van der Waals surface area contributed by atoms with E-state index in [4.69, 9.17) is 13.0 Å². The lowest BCUT2D eigenvalue weighted by molar-refractivity contribution is -0.137. The highest BCUT2D eigenvalue weighted by atomic mass is 32.2. The molecule has 0 heterocycles. The molecule has 0 rings (SSSR count). The molecule has 5 nitrogen and oxygen atoms in total. The maximum atomic E-state index is 10.7. The smallest absolute Gasteiger partial charge is 0.463 e. The largest absolute Gasteiger partial charge is 0.522 e. The molecule has 0 bridgehead atoms. The first kappa shape index (κ1) is 18.3. The average molecular weight is 278 g/mol. The van der Waals surface area contributed by atoms with Gasteiger partial charge in [-0.25, -0.2) is 4.79 Å². The first-order chi connectivity index (χ1) is 7.56. The van der Waals surface area contributed by atoms with E-state index >= 15 is 0 Å².